The zero-order chi connectivity index (χ0) is 13.7. The predicted molar refractivity (Wildman–Crippen MR) is 80.8 cm³/mol. The molecule has 1 heterocycles. The summed E-state index contributed by atoms with van der Waals surface area (Å²) in [7, 11) is 1.94. The molecule has 0 aromatic carbocycles. The molecule has 4 heteroatoms. The first-order valence-corrected chi connectivity index (χ1v) is 7.56. The fraction of sp³-hybridized carbons (Fsp3) is 0.733. The number of hydrogen-bond donors (Lipinski definition) is 1. The summed E-state index contributed by atoms with van der Waals surface area (Å²) in [6.07, 6.45) is 7.78. The van der Waals surface area contributed by atoms with Crippen LogP contribution in [0.3, 0.4) is 0 Å². The van der Waals surface area contributed by atoms with E-state index < -0.39 is 0 Å². The second kappa shape index (κ2) is 6.73. The van der Waals surface area contributed by atoms with Gasteiger partial charge in [-0.25, -0.2) is 9.97 Å². The van der Waals surface area contributed by atoms with E-state index in [0.717, 1.165) is 49.9 Å². The van der Waals surface area contributed by atoms with Crippen molar-refractivity contribution in [1.82, 2.24) is 9.97 Å². The van der Waals surface area contributed by atoms with E-state index in [1.807, 2.05) is 7.05 Å². The van der Waals surface area contributed by atoms with Crippen molar-refractivity contribution in [2.45, 2.75) is 46.0 Å². The average molecular weight is 262 g/mol. The average Bonchev–Trinajstić information content (AvgIpc) is 3.23. The predicted octanol–water partition coefficient (Wildman–Crippen LogP) is 3.10. The van der Waals surface area contributed by atoms with Crippen LogP contribution >= 0.6 is 0 Å². The Morgan fingerprint density at radius 3 is 2.63 bits per heavy atom. The topological polar surface area (TPSA) is 41.1 Å². The molecule has 1 aliphatic rings. The molecule has 1 fully saturated rings. The molecule has 0 amide bonds. The molecule has 0 atom stereocenters. The van der Waals surface area contributed by atoms with Crippen LogP contribution in [0.2, 0.25) is 0 Å². The van der Waals surface area contributed by atoms with E-state index in [0.29, 0.717) is 0 Å². The van der Waals surface area contributed by atoms with E-state index in [2.05, 4.69) is 34.0 Å². The van der Waals surface area contributed by atoms with E-state index in [1.165, 1.54) is 18.4 Å². The van der Waals surface area contributed by atoms with Crippen molar-refractivity contribution in [1.29, 1.82) is 0 Å². The van der Waals surface area contributed by atoms with Gasteiger partial charge in [-0.05, 0) is 31.6 Å². The normalized spacial score (nSPS) is 14.5. The highest BCUT2D eigenvalue weighted by molar-refractivity contribution is 5.58. The Bertz CT molecular complexity index is 401. The molecule has 1 N–H and O–H groups in total. The van der Waals surface area contributed by atoms with Crippen LogP contribution in [0.4, 0.5) is 11.6 Å². The van der Waals surface area contributed by atoms with Gasteiger partial charge >= 0.3 is 0 Å². The first kappa shape index (κ1) is 14.1. The standard InChI is InChI=1S/C15H26N4/c1-4-6-13-14(16-3)17-11-18-15(13)19(9-5-2)10-12-7-8-12/h11-12H,4-10H2,1-3H3,(H,16,17,18). The fourth-order valence-corrected chi connectivity index (χ4v) is 2.54. The summed E-state index contributed by atoms with van der Waals surface area (Å²) < 4.78 is 0. The minimum atomic E-state index is 0.883. The minimum absolute atomic E-state index is 0.883. The highest BCUT2D eigenvalue weighted by Gasteiger charge is 2.26. The lowest BCUT2D eigenvalue weighted by Gasteiger charge is -2.26. The molecule has 19 heavy (non-hydrogen) atoms. The van der Waals surface area contributed by atoms with Crippen LogP contribution in [-0.2, 0) is 6.42 Å². The van der Waals surface area contributed by atoms with Gasteiger partial charge in [0.15, 0.2) is 0 Å². The van der Waals surface area contributed by atoms with Crippen LogP contribution in [-0.4, -0.2) is 30.1 Å². The van der Waals surface area contributed by atoms with Crippen molar-refractivity contribution in [3.63, 3.8) is 0 Å². The van der Waals surface area contributed by atoms with Crippen molar-refractivity contribution in [2.24, 2.45) is 5.92 Å². The maximum Gasteiger partial charge on any atom is 0.137 e. The number of nitrogens with one attached hydrogen (secondary N) is 1. The van der Waals surface area contributed by atoms with Gasteiger partial charge in [0, 0.05) is 25.7 Å². The van der Waals surface area contributed by atoms with Crippen LogP contribution in [0, 0.1) is 5.92 Å². The Morgan fingerprint density at radius 2 is 2.05 bits per heavy atom. The summed E-state index contributed by atoms with van der Waals surface area (Å²) in [6.45, 7) is 6.69. The Balaban J connectivity index is 2.27. The van der Waals surface area contributed by atoms with Gasteiger partial charge in [0.25, 0.3) is 0 Å². The second-order valence-electron chi connectivity index (χ2n) is 5.41. The number of aromatic nitrogens is 2. The van der Waals surface area contributed by atoms with Gasteiger partial charge in [-0.3, -0.25) is 0 Å². The Kier molecular flexibility index (Phi) is 5.00. The van der Waals surface area contributed by atoms with E-state index in [9.17, 15) is 0 Å². The van der Waals surface area contributed by atoms with E-state index in [-0.39, 0.29) is 0 Å². The van der Waals surface area contributed by atoms with Gasteiger partial charge < -0.3 is 10.2 Å². The van der Waals surface area contributed by atoms with Crippen molar-refractivity contribution in [3.8, 4) is 0 Å². The number of nitrogens with zero attached hydrogens (tertiary/aromatic N) is 3. The summed E-state index contributed by atoms with van der Waals surface area (Å²) in [4.78, 5) is 11.4. The SMILES string of the molecule is CCCc1c(NC)ncnc1N(CCC)CC1CC1. The van der Waals surface area contributed by atoms with Gasteiger partial charge in [-0.1, -0.05) is 20.3 Å². The first-order chi connectivity index (χ1) is 9.30. The van der Waals surface area contributed by atoms with Gasteiger partial charge in [0.05, 0.1) is 0 Å². The zero-order valence-electron chi connectivity index (χ0n) is 12.4. The maximum atomic E-state index is 4.58. The fourth-order valence-electron chi connectivity index (χ4n) is 2.54. The molecular weight excluding hydrogens is 236 g/mol. The number of anilines is 2. The summed E-state index contributed by atoms with van der Waals surface area (Å²) in [6, 6.07) is 0. The van der Waals surface area contributed by atoms with E-state index >= 15 is 0 Å². The summed E-state index contributed by atoms with van der Waals surface area (Å²) in [5.41, 5.74) is 1.28. The molecule has 1 saturated carbocycles. The molecule has 2 rings (SSSR count). The molecule has 1 aliphatic carbocycles. The van der Waals surface area contributed by atoms with Crippen LogP contribution in [0.1, 0.15) is 45.1 Å². The highest BCUT2D eigenvalue weighted by Crippen LogP contribution is 2.33. The maximum absolute atomic E-state index is 4.58. The van der Waals surface area contributed by atoms with E-state index in [4.69, 9.17) is 0 Å². The number of rotatable bonds is 8. The lowest BCUT2D eigenvalue weighted by atomic mass is 10.1. The van der Waals surface area contributed by atoms with Crippen LogP contribution < -0.4 is 10.2 Å². The van der Waals surface area contributed by atoms with Gasteiger partial charge in [-0.15, -0.1) is 0 Å². The molecule has 1 aromatic rings. The smallest absolute Gasteiger partial charge is 0.137 e. The second-order valence-corrected chi connectivity index (χ2v) is 5.41. The minimum Gasteiger partial charge on any atom is -0.373 e. The van der Waals surface area contributed by atoms with Gasteiger partial charge in [-0.2, -0.15) is 0 Å². The third-order valence-corrected chi connectivity index (χ3v) is 3.63. The third-order valence-electron chi connectivity index (χ3n) is 3.63. The molecule has 106 valence electrons. The van der Waals surface area contributed by atoms with Crippen molar-refractivity contribution < 1.29 is 0 Å². The van der Waals surface area contributed by atoms with Crippen LogP contribution in [0.5, 0.6) is 0 Å². The monoisotopic (exact) mass is 262 g/mol. The van der Waals surface area contributed by atoms with Crippen molar-refractivity contribution in [3.05, 3.63) is 11.9 Å². The summed E-state index contributed by atoms with van der Waals surface area (Å²) in [5.74, 6) is 3.02. The molecule has 0 radical (unpaired) electrons. The quantitative estimate of drug-likeness (QED) is 0.781. The van der Waals surface area contributed by atoms with Crippen LogP contribution in [0.25, 0.3) is 0 Å². The first-order valence-electron chi connectivity index (χ1n) is 7.56. The van der Waals surface area contributed by atoms with E-state index in [1.54, 1.807) is 6.33 Å². The molecular formula is C15H26N4. The molecule has 4 nitrogen and oxygen atoms in total. The molecule has 0 aliphatic heterocycles. The Labute approximate surface area is 116 Å². The third kappa shape index (κ3) is 3.58. The number of hydrogen-bond acceptors (Lipinski definition) is 4. The van der Waals surface area contributed by atoms with Crippen molar-refractivity contribution in [2.75, 3.05) is 30.4 Å². The largest absolute Gasteiger partial charge is 0.373 e. The molecule has 0 saturated heterocycles. The summed E-state index contributed by atoms with van der Waals surface area (Å²) >= 11 is 0. The van der Waals surface area contributed by atoms with Gasteiger partial charge in [0.1, 0.15) is 18.0 Å². The Morgan fingerprint density at radius 1 is 1.26 bits per heavy atom. The van der Waals surface area contributed by atoms with Crippen LogP contribution in [0.15, 0.2) is 6.33 Å². The zero-order valence-corrected chi connectivity index (χ0v) is 12.4. The molecule has 0 unspecified atom stereocenters. The molecule has 1 aromatic heterocycles. The molecule has 0 spiro atoms. The lowest BCUT2D eigenvalue weighted by Crippen LogP contribution is -2.29. The van der Waals surface area contributed by atoms with Crippen molar-refractivity contribution >= 4 is 11.6 Å². The lowest BCUT2D eigenvalue weighted by molar-refractivity contribution is 0.691. The molecule has 0 bridgehead atoms. The highest BCUT2D eigenvalue weighted by atomic mass is 15.2. The summed E-state index contributed by atoms with van der Waals surface area (Å²) in [5, 5.41) is 3.21. The Hall–Kier alpha value is -1.32. The van der Waals surface area contributed by atoms with Gasteiger partial charge in [0.2, 0.25) is 0 Å².